The molecule has 2 atom stereocenters. The summed E-state index contributed by atoms with van der Waals surface area (Å²) in [5, 5.41) is 0. The van der Waals surface area contributed by atoms with Crippen LogP contribution in [0, 0.1) is 5.41 Å². The smallest absolute Gasteiger partial charge is 0.0333 e. The maximum Gasteiger partial charge on any atom is 0.0333 e. The van der Waals surface area contributed by atoms with Crippen LogP contribution >= 0.6 is 0 Å². The molecule has 0 aromatic carbocycles. The Morgan fingerprint density at radius 1 is 1.11 bits per heavy atom. The normalized spacial score (nSPS) is 38.1. The van der Waals surface area contributed by atoms with Crippen LogP contribution in [0.5, 0.6) is 0 Å². The van der Waals surface area contributed by atoms with Gasteiger partial charge < -0.3 is 10.6 Å². The third-order valence-corrected chi connectivity index (χ3v) is 5.77. The summed E-state index contributed by atoms with van der Waals surface area (Å²) in [4.78, 5) is 5.19. The summed E-state index contributed by atoms with van der Waals surface area (Å²) in [5.74, 6) is 0. The van der Waals surface area contributed by atoms with Crippen LogP contribution in [0.3, 0.4) is 0 Å². The summed E-state index contributed by atoms with van der Waals surface area (Å²) in [6, 6.07) is 0.661. The molecule has 1 aliphatic carbocycles. The summed E-state index contributed by atoms with van der Waals surface area (Å²) in [6.45, 7) is 11.6. The van der Waals surface area contributed by atoms with E-state index in [1.54, 1.807) is 0 Å². The standard InChI is InChI=1S/C16H33N3/c1-14-12-19(11-10-18(14)4)16(13-17)7-5-6-15(2,3)8-9-16/h14H,5-13,17H2,1-4H3. The number of piperazine rings is 1. The zero-order valence-corrected chi connectivity index (χ0v) is 13.4. The summed E-state index contributed by atoms with van der Waals surface area (Å²) >= 11 is 0. The second-order valence-electron chi connectivity index (χ2n) is 7.72. The van der Waals surface area contributed by atoms with Crippen molar-refractivity contribution in [2.75, 3.05) is 33.2 Å². The average molecular weight is 267 g/mol. The van der Waals surface area contributed by atoms with Gasteiger partial charge in [-0.2, -0.15) is 0 Å². The van der Waals surface area contributed by atoms with E-state index in [0.717, 1.165) is 6.54 Å². The quantitative estimate of drug-likeness (QED) is 0.779. The topological polar surface area (TPSA) is 32.5 Å². The van der Waals surface area contributed by atoms with Crippen LogP contribution in [0.4, 0.5) is 0 Å². The highest BCUT2D eigenvalue weighted by Crippen LogP contribution is 2.40. The van der Waals surface area contributed by atoms with Crippen LogP contribution in [0.15, 0.2) is 0 Å². The van der Waals surface area contributed by atoms with Gasteiger partial charge in [-0.05, 0) is 45.1 Å². The molecule has 1 saturated heterocycles. The number of hydrogen-bond donors (Lipinski definition) is 1. The fourth-order valence-corrected chi connectivity index (χ4v) is 3.85. The number of hydrogen-bond acceptors (Lipinski definition) is 3. The molecule has 0 spiro atoms. The molecule has 2 unspecified atom stereocenters. The van der Waals surface area contributed by atoms with Crippen molar-refractivity contribution in [1.82, 2.24) is 9.80 Å². The van der Waals surface area contributed by atoms with E-state index in [-0.39, 0.29) is 5.54 Å². The molecule has 0 aromatic heterocycles. The molecule has 0 radical (unpaired) electrons. The number of rotatable bonds is 2. The maximum absolute atomic E-state index is 6.25. The van der Waals surface area contributed by atoms with Crippen molar-refractivity contribution in [3.8, 4) is 0 Å². The minimum Gasteiger partial charge on any atom is -0.329 e. The molecule has 2 rings (SSSR count). The summed E-state index contributed by atoms with van der Waals surface area (Å²) in [6.07, 6.45) is 6.60. The van der Waals surface area contributed by atoms with E-state index >= 15 is 0 Å². The molecule has 1 heterocycles. The van der Waals surface area contributed by atoms with E-state index in [0.29, 0.717) is 11.5 Å². The van der Waals surface area contributed by atoms with Crippen molar-refractivity contribution >= 4 is 0 Å². The molecule has 0 bridgehead atoms. The Morgan fingerprint density at radius 2 is 1.84 bits per heavy atom. The predicted octanol–water partition coefficient (Wildman–Crippen LogP) is 2.31. The van der Waals surface area contributed by atoms with Crippen molar-refractivity contribution in [2.45, 2.75) is 64.5 Å². The second kappa shape index (κ2) is 5.71. The van der Waals surface area contributed by atoms with Crippen LogP contribution in [-0.2, 0) is 0 Å². The summed E-state index contributed by atoms with van der Waals surface area (Å²) < 4.78 is 0. The van der Waals surface area contributed by atoms with Crippen molar-refractivity contribution < 1.29 is 0 Å². The molecule has 1 saturated carbocycles. The van der Waals surface area contributed by atoms with Gasteiger partial charge in [0, 0.05) is 37.8 Å². The van der Waals surface area contributed by atoms with Crippen LogP contribution in [0.25, 0.3) is 0 Å². The minimum absolute atomic E-state index is 0.281. The zero-order valence-electron chi connectivity index (χ0n) is 13.4. The molecule has 0 amide bonds. The Balaban J connectivity index is 2.09. The molecule has 2 N–H and O–H groups in total. The largest absolute Gasteiger partial charge is 0.329 e. The predicted molar refractivity (Wildman–Crippen MR) is 82.3 cm³/mol. The molecule has 19 heavy (non-hydrogen) atoms. The number of nitrogens with zero attached hydrogens (tertiary/aromatic N) is 2. The van der Waals surface area contributed by atoms with Gasteiger partial charge in [-0.15, -0.1) is 0 Å². The first-order valence-electron chi connectivity index (χ1n) is 8.04. The van der Waals surface area contributed by atoms with Gasteiger partial charge in [0.2, 0.25) is 0 Å². The molecular weight excluding hydrogens is 234 g/mol. The highest BCUT2D eigenvalue weighted by atomic mass is 15.3. The Morgan fingerprint density at radius 3 is 2.47 bits per heavy atom. The van der Waals surface area contributed by atoms with E-state index < -0.39 is 0 Å². The fraction of sp³-hybridized carbons (Fsp3) is 1.00. The van der Waals surface area contributed by atoms with Gasteiger partial charge in [0.15, 0.2) is 0 Å². The van der Waals surface area contributed by atoms with Crippen LogP contribution < -0.4 is 5.73 Å². The van der Waals surface area contributed by atoms with Gasteiger partial charge in [0.05, 0.1) is 0 Å². The lowest BCUT2D eigenvalue weighted by molar-refractivity contribution is 0.00815. The Labute approximate surface area is 119 Å². The van der Waals surface area contributed by atoms with Gasteiger partial charge in [-0.3, -0.25) is 4.90 Å². The molecular formula is C16H33N3. The molecule has 1 aliphatic heterocycles. The van der Waals surface area contributed by atoms with E-state index in [1.807, 2.05) is 0 Å². The first-order valence-corrected chi connectivity index (χ1v) is 8.04. The van der Waals surface area contributed by atoms with Crippen molar-refractivity contribution in [3.05, 3.63) is 0 Å². The van der Waals surface area contributed by atoms with Crippen LogP contribution in [0.2, 0.25) is 0 Å². The van der Waals surface area contributed by atoms with Gasteiger partial charge in [-0.25, -0.2) is 0 Å². The van der Waals surface area contributed by atoms with E-state index in [4.69, 9.17) is 5.73 Å². The maximum atomic E-state index is 6.25. The Bertz CT molecular complexity index is 302. The third-order valence-electron chi connectivity index (χ3n) is 5.77. The third kappa shape index (κ3) is 3.32. The van der Waals surface area contributed by atoms with Crippen LogP contribution in [-0.4, -0.2) is 54.6 Å². The van der Waals surface area contributed by atoms with E-state index in [9.17, 15) is 0 Å². The summed E-state index contributed by atoms with van der Waals surface area (Å²) in [7, 11) is 2.24. The van der Waals surface area contributed by atoms with Crippen molar-refractivity contribution in [1.29, 1.82) is 0 Å². The van der Waals surface area contributed by atoms with Crippen molar-refractivity contribution in [2.24, 2.45) is 11.1 Å². The molecule has 112 valence electrons. The Kier molecular flexibility index (Phi) is 4.59. The summed E-state index contributed by atoms with van der Waals surface area (Å²) in [5.41, 5.74) is 7.04. The lowest BCUT2D eigenvalue weighted by Crippen LogP contribution is -2.61. The fourth-order valence-electron chi connectivity index (χ4n) is 3.85. The van der Waals surface area contributed by atoms with Crippen molar-refractivity contribution in [3.63, 3.8) is 0 Å². The second-order valence-corrected chi connectivity index (χ2v) is 7.72. The van der Waals surface area contributed by atoms with Gasteiger partial charge in [0.1, 0.15) is 0 Å². The zero-order chi connectivity index (χ0) is 14.1. The molecule has 2 aliphatic rings. The molecule has 2 fully saturated rings. The van der Waals surface area contributed by atoms with Gasteiger partial charge in [-0.1, -0.05) is 20.3 Å². The number of likely N-dealkylation sites (N-methyl/N-ethyl adjacent to an activating group) is 1. The minimum atomic E-state index is 0.281. The molecule has 3 heteroatoms. The SMILES string of the molecule is CC1CN(C2(CN)CCCC(C)(C)CC2)CCN1C. The highest BCUT2D eigenvalue weighted by Gasteiger charge is 2.41. The van der Waals surface area contributed by atoms with Crippen LogP contribution in [0.1, 0.15) is 52.9 Å². The van der Waals surface area contributed by atoms with E-state index in [1.165, 1.54) is 51.7 Å². The first kappa shape index (κ1) is 15.3. The monoisotopic (exact) mass is 267 g/mol. The average Bonchev–Trinajstić information content (AvgIpc) is 2.52. The first-order chi connectivity index (χ1) is 8.88. The van der Waals surface area contributed by atoms with E-state index in [2.05, 4.69) is 37.6 Å². The number of nitrogens with two attached hydrogens (primary N) is 1. The van der Waals surface area contributed by atoms with Gasteiger partial charge in [0.25, 0.3) is 0 Å². The lowest BCUT2D eigenvalue weighted by Gasteiger charge is -2.49. The molecule has 3 nitrogen and oxygen atoms in total. The Hall–Kier alpha value is -0.120. The lowest BCUT2D eigenvalue weighted by atomic mass is 9.82. The highest BCUT2D eigenvalue weighted by molar-refractivity contribution is 4.98. The molecule has 0 aromatic rings. The van der Waals surface area contributed by atoms with Gasteiger partial charge >= 0.3 is 0 Å².